The maximum Gasteiger partial charge on any atom is 0.234 e. The molecule has 2 rings (SSSR count). The van der Waals surface area contributed by atoms with Gasteiger partial charge >= 0.3 is 0 Å². The van der Waals surface area contributed by atoms with Crippen molar-refractivity contribution in [3.8, 4) is 5.75 Å². The molecule has 3 amide bonds. The Morgan fingerprint density at radius 2 is 1.68 bits per heavy atom. The molecule has 0 radical (unpaired) electrons. The highest BCUT2D eigenvalue weighted by Gasteiger charge is 2.30. The summed E-state index contributed by atoms with van der Waals surface area (Å²) in [5.41, 5.74) is 17.6. The number of primary amides is 1. The van der Waals surface area contributed by atoms with Crippen molar-refractivity contribution in [1.29, 1.82) is 0 Å². The first-order chi connectivity index (χ1) is 28.1. The van der Waals surface area contributed by atoms with Crippen LogP contribution in [0.25, 0.3) is 0 Å². The molecule has 1 aliphatic heterocycles. The SMILES string of the molecule is CC[C@H](C)[C@@H]1NC(=O)CCC(=O)CC[C@@H](C(=O)CC[C@@H](CCCN=C(N)N)CN[C@@H](Cc2ccc(O)cc2)C(N)=O)NCC(=O)[C@H](CCCCNC(=O)CBr)CCC1=O. The van der Waals surface area contributed by atoms with Crippen LogP contribution in [0.15, 0.2) is 29.3 Å². The minimum Gasteiger partial charge on any atom is -0.508 e. The molecule has 0 spiro atoms. The van der Waals surface area contributed by atoms with Gasteiger partial charge in [-0.3, -0.25) is 38.6 Å². The highest BCUT2D eigenvalue weighted by atomic mass is 79.9. The molecule has 0 aromatic heterocycles. The minimum absolute atomic E-state index is 0.0171. The molecular weight excluding hydrogens is 824 g/mol. The van der Waals surface area contributed by atoms with Gasteiger partial charge in [-0.1, -0.05) is 54.8 Å². The molecule has 1 saturated heterocycles. The van der Waals surface area contributed by atoms with Crippen LogP contribution in [0, 0.1) is 17.8 Å². The lowest BCUT2D eigenvalue weighted by Crippen LogP contribution is -2.46. The summed E-state index contributed by atoms with van der Waals surface area (Å²) in [5.74, 6) is -2.45. The van der Waals surface area contributed by atoms with Crippen molar-refractivity contribution in [1.82, 2.24) is 21.3 Å². The first-order valence-electron chi connectivity index (χ1n) is 20.9. The third-order valence-corrected chi connectivity index (χ3v) is 11.5. The summed E-state index contributed by atoms with van der Waals surface area (Å²) in [4.78, 5) is 95.3. The number of carbonyl (C=O) groups is 7. The van der Waals surface area contributed by atoms with Crippen LogP contribution in [0.1, 0.15) is 109 Å². The Kier molecular flexibility index (Phi) is 24.4. The van der Waals surface area contributed by atoms with Crippen LogP contribution in [0.4, 0.5) is 0 Å². The monoisotopic (exact) mass is 890 g/mol. The van der Waals surface area contributed by atoms with E-state index in [0.717, 1.165) is 5.56 Å². The maximum atomic E-state index is 13.9. The zero-order valence-corrected chi connectivity index (χ0v) is 36.4. The molecule has 6 atom stereocenters. The van der Waals surface area contributed by atoms with Crippen molar-refractivity contribution in [2.24, 2.45) is 39.9 Å². The molecule has 0 aliphatic carbocycles. The summed E-state index contributed by atoms with van der Waals surface area (Å²) >= 11 is 3.13. The minimum atomic E-state index is -0.815. The topological polar surface area (TPSA) is 278 Å². The summed E-state index contributed by atoms with van der Waals surface area (Å²) in [6, 6.07) is 4.24. The summed E-state index contributed by atoms with van der Waals surface area (Å²) in [7, 11) is 0. The second kappa shape index (κ2) is 28.3. The standard InChI is InChI=1S/C42H67BrN8O8/c1-3-27(2)40-36(55)19-12-30(8-4-5-21-47-39(58)24-43)37(56)26-50-33(17-15-32(53)16-20-38(57)51-40)35(54)18-11-29(7-6-22-48-42(45)46)25-49-34(41(44)59)23-28-9-13-31(52)14-10-28/h9-10,13-14,27,29-30,33-34,40,49-50,52H,3-8,11-12,15-26H2,1-2H3,(H2,44,59)(H,47,58)(H,51,57)(H4,45,46,48)/t27-,29+,30+,33-,34-,40-/m0/s1. The number of aliphatic imine (C=N–C) groups is 1. The zero-order chi connectivity index (χ0) is 43.7. The molecule has 0 unspecified atom stereocenters. The van der Waals surface area contributed by atoms with Crippen molar-refractivity contribution in [2.45, 2.75) is 128 Å². The number of nitrogens with one attached hydrogen (secondary N) is 4. The number of Topliss-reactive ketones (excluding diaryl/α,β-unsaturated/α-hetero) is 4. The van der Waals surface area contributed by atoms with Crippen LogP contribution in [-0.2, 0) is 40.0 Å². The Hall–Kier alpha value is -4.22. The van der Waals surface area contributed by atoms with Crippen molar-refractivity contribution >= 4 is 62.7 Å². The number of halogens is 1. The van der Waals surface area contributed by atoms with Crippen molar-refractivity contribution < 1.29 is 38.7 Å². The number of amides is 3. The van der Waals surface area contributed by atoms with Gasteiger partial charge in [0.2, 0.25) is 17.7 Å². The lowest BCUT2D eigenvalue weighted by molar-refractivity contribution is -0.130. The van der Waals surface area contributed by atoms with Gasteiger partial charge in [-0.05, 0) is 87.4 Å². The van der Waals surface area contributed by atoms with E-state index in [2.05, 4.69) is 42.2 Å². The number of alkyl halides is 1. The van der Waals surface area contributed by atoms with E-state index in [4.69, 9.17) is 17.2 Å². The molecule has 59 heavy (non-hydrogen) atoms. The van der Waals surface area contributed by atoms with Gasteiger partial charge in [0.15, 0.2) is 11.7 Å². The maximum absolute atomic E-state index is 13.9. The molecule has 0 bridgehead atoms. The Labute approximate surface area is 356 Å². The smallest absolute Gasteiger partial charge is 0.234 e. The fourth-order valence-electron chi connectivity index (χ4n) is 7.09. The predicted octanol–water partition coefficient (Wildman–Crippen LogP) is 2.25. The highest BCUT2D eigenvalue weighted by Crippen LogP contribution is 2.21. The van der Waals surface area contributed by atoms with E-state index in [-0.39, 0.29) is 109 Å². The summed E-state index contributed by atoms with van der Waals surface area (Å²) in [5, 5.41) is 21.9. The Balaban J connectivity index is 2.24. The number of nitrogens with zero attached hydrogens (tertiary/aromatic N) is 1. The van der Waals surface area contributed by atoms with Crippen LogP contribution in [0.2, 0.25) is 0 Å². The number of benzene rings is 1. The van der Waals surface area contributed by atoms with Gasteiger partial charge in [-0.15, -0.1) is 0 Å². The van der Waals surface area contributed by atoms with Gasteiger partial charge in [-0.2, -0.15) is 0 Å². The number of carbonyl (C=O) groups excluding carboxylic acids is 7. The molecular formula is C42H67BrN8O8. The lowest BCUT2D eigenvalue weighted by Gasteiger charge is -2.25. The molecule has 1 aliphatic rings. The molecule has 11 N–H and O–H groups in total. The molecule has 1 aromatic rings. The lowest BCUT2D eigenvalue weighted by atomic mass is 9.87. The molecule has 1 fully saturated rings. The van der Waals surface area contributed by atoms with Crippen LogP contribution >= 0.6 is 15.9 Å². The molecule has 1 aromatic carbocycles. The Morgan fingerprint density at radius 3 is 2.34 bits per heavy atom. The number of hydrogen-bond donors (Lipinski definition) is 8. The van der Waals surface area contributed by atoms with E-state index in [9.17, 15) is 38.7 Å². The zero-order valence-electron chi connectivity index (χ0n) is 34.8. The number of ketones is 4. The van der Waals surface area contributed by atoms with Crippen LogP contribution in [0.3, 0.4) is 0 Å². The number of unbranched alkanes of at least 4 members (excludes halogenated alkanes) is 1. The van der Waals surface area contributed by atoms with E-state index >= 15 is 0 Å². The summed E-state index contributed by atoms with van der Waals surface area (Å²) in [6.45, 7) is 4.88. The Bertz CT molecular complexity index is 1550. The quantitative estimate of drug-likeness (QED) is 0.0360. The highest BCUT2D eigenvalue weighted by molar-refractivity contribution is 9.09. The summed E-state index contributed by atoms with van der Waals surface area (Å²) in [6.07, 6.45) is 4.86. The predicted molar refractivity (Wildman–Crippen MR) is 230 cm³/mol. The van der Waals surface area contributed by atoms with Crippen molar-refractivity contribution in [3.05, 3.63) is 29.8 Å². The average molecular weight is 892 g/mol. The van der Waals surface area contributed by atoms with Gasteiger partial charge in [0, 0.05) is 51.1 Å². The number of phenols is 1. The van der Waals surface area contributed by atoms with E-state index in [1.165, 1.54) is 12.1 Å². The molecule has 17 heteroatoms. The van der Waals surface area contributed by atoms with E-state index in [1.54, 1.807) is 12.1 Å². The molecule has 16 nitrogen and oxygen atoms in total. The van der Waals surface area contributed by atoms with Gasteiger partial charge in [0.25, 0.3) is 0 Å². The number of nitrogens with two attached hydrogens (primary N) is 3. The molecule has 330 valence electrons. The van der Waals surface area contributed by atoms with E-state index < -0.39 is 35.9 Å². The van der Waals surface area contributed by atoms with Crippen molar-refractivity contribution in [2.75, 3.05) is 31.5 Å². The second-order valence-corrected chi connectivity index (χ2v) is 16.2. The van der Waals surface area contributed by atoms with Crippen LogP contribution in [0.5, 0.6) is 5.75 Å². The largest absolute Gasteiger partial charge is 0.508 e. The molecule has 1 heterocycles. The normalized spacial score (nSPS) is 20.2. The van der Waals surface area contributed by atoms with Crippen molar-refractivity contribution in [3.63, 3.8) is 0 Å². The fraction of sp³-hybridized carbons (Fsp3) is 0.667. The molecule has 0 saturated carbocycles. The van der Waals surface area contributed by atoms with E-state index in [0.29, 0.717) is 71.0 Å². The number of rotatable bonds is 22. The van der Waals surface area contributed by atoms with E-state index in [1.807, 2.05) is 13.8 Å². The first kappa shape index (κ1) is 50.9. The van der Waals surface area contributed by atoms with Crippen LogP contribution < -0.4 is 38.5 Å². The fourth-order valence-corrected chi connectivity index (χ4v) is 7.28. The Morgan fingerprint density at radius 1 is 0.949 bits per heavy atom. The van der Waals surface area contributed by atoms with Gasteiger partial charge < -0.3 is 43.6 Å². The number of aromatic hydroxyl groups is 1. The second-order valence-electron chi connectivity index (χ2n) is 15.6. The third-order valence-electron chi connectivity index (χ3n) is 11.0. The third kappa shape index (κ3) is 21.0. The number of hydrogen-bond acceptors (Lipinski definition) is 11. The van der Waals surface area contributed by atoms with Crippen LogP contribution in [-0.4, -0.2) is 102 Å². The average Bonchev–Trinajstić information content (AvgIpc) is 3.21. The first-order valence-corrected chi connectivity index (χ1v) is 22.1. The van der Waals surface area contributed by atoms with Gasteiger partial charge in [0.05, 0.1) is 30.0 Å². The van der Waals surface area contributed by atoms with Gasteiger partial charge in [0.1, 0.15) is 23.1 Å². The number of guanidine groups is 1. The van der Waals surface area contributed by atoms with Gasteiger partial charge in [-0.25, -0.2) is 0 Å². The number of phenolic OH excluding ortho intramolecular Hbond substituents is 1. The summed E-state index contributed by atoms with van der Waals surface area (Å²) < 4.78 is 0.